The van der Waals surface area contributed by atoms with E-state index in [1.54, 1.807) is 17.0 Å². The zero-order chi connectivity index (χ0) is 18.1. The molecule has 1 aliphatic heterocycles. The van der Waals surface area contributed by atoms with E-state index >= 15 is 0 Å². The summed E-state index contributed by atoms with van der Waals surface area (Å²) in [5.41, 5.74) is 0.452. The van der Waals surface area contributed by atoms with Crippen molar-refractivity contribution in [1.29, 1.82) is 0 Å². The Bertz CT molecular complexity index is 692. The van der Waals surface area contributed by atoms with Gasteiger partial charge in [-0.05, 0) is 52.0 Å². The van der Waals surface area contributed by atoms with Crippen LogP contribution in [0.1, 0.15) is 27.7 Å². The number of nitrogens with zero attached hydrogens (tertiary/aromatic N) is 2. The van der Waals surface area contributed by atoms with Crippen molar-refractivity contribution in [3.8, 4) is 0 Å². The van der Waals surface area contributed by atoms with Gasteiger partial charge in [0, 0.05) is 37.6 Å². The van der Waals surface area contributed by atoms with Crippen LogP contribution in [0, 0.1) is 0 Å². The SMILES string of the molecule is C[C@@H]1CN(c2ccc(S(C)(=O)=O)cc2)CCN1C(=O)OC(C)(C)C. The molecule has 1 aromatic carbocycles. The molecule has 0 N–H and O–H groups in total. The molecule has 0 radical (unpaired) electrons. The topological polar surface area (TPSA) is 66.9 Å². The molecule has 6 nitrogen and oxygen atoms in total. The van der Waals surface area contributed by atoms with Crippen molar-refractivity contribution in [3.63, 3.8) is 0 Å². The minimum absolute atomic E-state index is 0.0168. The minimum atomic E-state index is -3.19. The maximum Gasteiger partial charge on any atom is 0.410 e. The fourth-order valence-electron chi connectivity index (χ4n) is 2.69. The van der Waals surface area contributed by atoms with Gasteiger partial charge < -0.3 is 14.5 Å². The first kappa shape index (κ1) is 18.6. The molecule has 1 atom stereocenters. The number of anilines is 1. The first-order valence-electron chi connectivity index (χ1n) is 8.02. The molecule has 1 saturated heterocycles. The first-order chi connectivity index (χ1) is 11.0. The molecule has 134 valence electrons. The van der Waals surface area contributed by atoms with Crippen LogP contribution in [0.2, 0.25) is 0 Å². The van der Waals surface area contributed by atoms with Gasteiger partial charge in [-0.1, -0.05) is 0 Å². The zero-order valence-electron chi connectivity index (χ0n) is 14.9. The molecular weight excluding hydrogens is 328 g/mol. The zero-order valence-corrected chi connectivity index (χ0v) is 15.8. The third-order valence-electron chi connectivity index (χ3n) is 3.89. The third-order valence-corrected chi connectivity index (χ3v) is 5.01. The summed E-state index contributed by atoms with van der Waals surface area (Å²) in [7, 11) is -3.19. The number of amides is 1. The predicted octanol–water partition coefficient (Wildman–Crippen LogP) is 2.54. The second kappa shape index (κ2) is 6.63. The van der Waals surface area contributed by atoms with E-state index in [2.05, 4.69) is 4.90 Å². The van der Waals surface area contributed by atoms with E-state index in [0.717, 1.165) is 5.69 Å². The lowest BCUT2D eigenvalue weighted by Crippen LogP contribution is -2.55. The largest absolute Gasteiger partial charge is 0.444 e. The maximum atomic E-state index is 12.2. The highest BCUT2D eigenvalue weighted by Crippen LogP contribution is 2.22. The van der Waals surface area contributed by atoms with Gasteiger partial charge in [0.05, 0.1) is 4.90 Å². The van der Waals surface area contributed by atoms with Gasteiger partial charge in [0.2, 0.25) is 0 Å². The summed E-state index contributed by atoms with van der Waals surface area (Å²) < 4.78 is 28.5. The monoisotopic (exact) mass is 354 g/mol. The summed E-state index contributed by atoms with van der Waals surface area (Å²) in [6.07, 6.45) is 0.908. The number of hydrogen-bond donors (Lipinski definition) is 0. The van der Waals surface area contributed by atoms with Crippen LogP contribution in [0.4, 0.5) is 10.5 Å². The Labute approximate surface area is 144 Å². The van der Waals surface area contributed by atoms with Crippen LogP contribution >= 0.6 is 0 Å². The van der Waals surface area contributed by atoms with Gasteiger partial charge in [0.25, 0.3) is 0 Å². The first-order valence-corrected chi connectivity index (χ1v) is 9.91. The summed E-state index contributed by atoms with van der Waals surface area (Å²) >= 11 is 0. The van der Waals surface area contributed by atoms with Crippen LogP contribution in [0.15, 0.2) is 29.2 Å². The molecule has 1 aromatic rings. The van der Waals surface area contributed by atoms with Gasteiger partial charge in [-0.25, -0.2) is 13.2 Å². The van der Waals surface area contributed by atoms with Gasteiger partial charge in [-0.3, -0.25) is 0 Å². The lowest BCUT2D eigenvalue weighted by atomic mass is 10.1. The fourth-order valence-corrected chi connectivity index (χ4v) is 3.32. The van der Waals surface area contributed by atoms with Crippen molar-refractivity contribution >= 4 is 21.6 Å². The van der Waals surface area contributed by atoms with Gasteiger partial charge in [0.1, 0.15) is 5.60 Å². The smallest absolute Gasteiger partial charge is 0.410 e. The molecular formula is C17H26N2O4S. The van der Waals surface area contributed by atoms with Crippen molar-refractivity contribution in [2.24, 2.45) is 0 Å². The number of benzene rings is 1. The van der Waals surface area contributed by atoms with Gasteiger partial charge in [0.15, 0.2) is 9.84 Å². The number of carbonyl (C=O) groups excluding carboxylic acids is 1. The molecule has 0 aromatic heterocycles. The Morgan fingerprint density at radius 1 is 1.17 bits per heavy atom. The van der Waals surface area contributed by atoms with E-state index in [1.165, 1.54) is 6.26 Å². The van der Waals surface area contributed by atoms with E-state index in [9.17, 15) is 13.2 Å². The second-order valence-electron chi connectivity index (χ2n) is 7.23. The molecule has 0 unspecified atom stereocenters. The molecule has 0 aliphatic carbocycles. The Morgan fingerprint density at radius 3 is 2.21 bits per heavy atom. The Morgan fingerprint density at radius 2 is 1.75 bits per heavy atom. The Balaban J connectivity index is 2.04. The molecule has 24 heavy (non-hydrogen) atoms. The van der Waals surface area contributed by atoms with Crippen LogP contribution < -0.4 is 4.90 Å². The number of piperazine rings is 1. The number of hydrogen-bond acceptors (Lipinski definition) is 5. The predicted molar refractivity (Wildman–Crippen MR) is 94.2 cm³/mol. The van der Waals surface area contributed by atoms with E-state index in [4.69, 9.17) is 4.74 Å². The minimum Gasteiger partial charge on any atom is -0.444 e. The van der Waals surface area contributed by atoms with Gasteiger partial charge >= 0.3 is 6.09 Å². The molecule has 0 bridgehead atoms. The van der Waals surface area contributed by atoms with Crippen LogP contribution in [-0.4, -0.2) is 56.9 Å². The fraction of sp³-hybridized carbons (Fsp3) is 0.588. The molecule has 0 spiro atoms. The number of rotatable bonds is 2. The van der Waals surface area contributed by atoms with E-state index in [-0.39, 0.29) is 12.1 Å². The summed E-state index contributed by atoms with van der Waals surface area (Å²) in [6, 6.07) is 6.88. The third kappa shape index (κ3) is 4.63. The van der Waals surface area contributed by atoms with E-state index in [0.29, 0.717) is 24.5 Å². The molecule has 1 heterocycles. The lowest BCUT2D eigenvalue weighted by molar-refractivity contribution is 0.0159. The standard InChI is InChI=1S/C17H26N2O4S/c1-13-12-18(10-11-19(13)16(20)23-17(2,3)4)14-6-8-15(9-7-14)24(5,21)22/h6-9,13H,10-12H2,1-5H3/t13-/m1/s1. The second-order valence-corrected chi connectivity index (χ2v) is 9.25. The summed E-state index contributed by atoms with van der Waals surface area (Å²) in [5, 5.41) is 0. The Kier molecular flexibility index (Phi) is 5.13. The van der Waals surface area contributed by atoms with Gasteiger partial charge in [-0.2, -0.15) is 0 Å². The van der Waals surface area contributed by atoms with Crippen LogP contribution in [0.3, 0.4) is 0 Å². The Hall–Kier alpha value is -1.76. The molecule has 0 saturated carbocycles. The number of carbonyl (C=O) groups is 1. The number of sulfone groups is 1. The summed E-state index contributed by atoms with van der Waals surface area (Å²) in [6.45, 7) is 9.49. The van der Waals surface area contributed by atoms with Gasteiger partial charge in [-0.15, -0.1) is 0 Å². The highest BCUT2D eigenvalue weighted by molar-refractivity contribution is 7.90. The average Bonchev–Trinajstić information content (AvgIpc) is 2.44. The summed E-state index contributed by atoms with van der Waals surface area (Å²) in [5.74, 6) is 0. The molecule has 7 heteroatoms. The van der Waals surface area contributed by atoms with Crippen LogP contribution in [0.5, 0.6) is 0 Å². The van der Waals surface area contributed by atoms with Crippen LogP contribution in [0.25, 0.3) is 0 Å². The van der Waals surface area contributed by atoms with Crippen molar-refractivity contribution in [1.82, 2.24) is 4.90 Å². The van der Waals surface area contributed by atoms with E-state index < -0.39 is 15.4 Å². The van der Waals surface area contributed by atoms with Crippen molar-refractivity contribution in [2.45, 2.75) is 44.2 Å². The van der Waals surface area contributed by atoms with Crippen LogP contribution in [-0.2, 0) is 14.6 Å². The van der Waals surface area contributed by atoms with Crippen molar-refractivity contribution in [3.05, 3.63) is 24.3 Å². The summed E-state index contributed by atoms with van der Waals surface area (Å²) in [4.78, 5) is 16.4. The quantitative estimate of drug-likeness (QED) is 0.816. The average molecular weight is 354 g/mol. The van der Waals surface area contributed by atoms with E-state index in [1.807, 2.05) is 39.8 Å². The maximum absolute atomic E-state index is 12.2. The van der Waals surface area contributed by atoms with Crippen molar-refractivity contribution < 1.29 is 17.9 Å². The lowest BCUT2D eigenvalue weighted by Gasteiger charge is -2.41. The number of ether oxygens (including phenoxy) is 1. The molecule has 1 amide bonds. The highest BCUT2D eigenvalue weighted by Gasteiger charge is 2.30. The normalized spacial score (nSPS) is 19.3. The highest BCUT2D eigenvalue weighted by atomic mass is 32.2. The molecule has 1 fully saturated rings. The van der Waals surface area contributed by atoms with Crippen molar-refractivity contribution in [2.75, 3.05) is 30.8 Å². The molecule has 1 aliphatic rings. The molecule has 2 rings (SSSR count).